The predicted molar refractivity (Wildman–Crippen MR) is 111 cm³/mol. The van der Waals surface area contributed by atoms with Crippen molar-refractivity contribution >= 4 is 11.7 Å². The monoisotopic (exact) mass is 380 g/mol. The molecular formula is C22H28N4O2. The van der Waals surface area contributed by atoms with Crippen molar-refractivity contribution in [1.29, 1.82) is 0 Å². The number of benzene rings is 1. The van der Waals surface area contributed by atoms with Gasteiger partial charge in [-0.1, -0.05) is 37.3 Å². The molecule has 0 N–H and O–H groups in total. The molecule has 2 heterocycles. The minimum absolute atomic E-state index is 0.0661. The Labute approximate surface area is 166 Å². The van der Waals surface area contributed by atoms with Gasteiger partial charge in [-0.15, -0.1) is 0 Å². The van der Waals surface area contributed by atoms with Crippen LogP contribution in [0.3, 0.4) is 0 Å². The summed E-state index contributed by atoms with van der Waals surface area (Å²) in [5.74, 6) is 1.24. The van der Waals surface area contributed by atoms with E-state index in [0.29, 0.717) is 12.3 Å². The highest BCUT2D eigenvalue weighted by Crippen LogP contribution is 2.32. The predicted octanol–water partition coefficient (Wildman–Crippen LogP) is 4.19. The van der Waals surface area contributed by atoms with Crippen molar-refractivity contribution in [2.75, 3.05) is 19.0 Å². The molecule has 6 heteroatoms. The smallest absolute Gasteiger partial charge is 0.290 e. The number of rotatable bonds is 7. The third-order valence-electron chi connectivity index (χ3n) is 5.03. The van der Waals surface area contributed by atoms with E-state index in [1.54, 1.807) is 12.1 Å². The Bertz CT molecular complexity index is 914. The molecule has 1 amide bonds. The molecule has 0 aliphatic rings. The van der Waals surface area contributed by atoms with Crippen molar-refractivity contribution in [1.82, 2.24) is 14.7 Å². The fourth-order valence-corrected chi connectivity index (χ4v) is 3.45. The lowest BCUT2D eigenvalue weighted by molar-refractivity contribution is 0.0639. The van der Waals surface area contributed by atoms with E-state index in [-0.39, 0.29) is 11.9 Å². The number of hydrogen-bond donors (Lipinski definition) is 0. The Morgan fingerprint density at radius 1 is 1.18 bits per heavy atom. The highest BCUT2D eigenvalue weighted by molar-refractivity contribution is 5.92. The molecule has 3 rings (SSSR count). The lowest BCUT2D eigenvalue weighted by atomic mass is 10.1. The van der Waals surface area contributed by atoms with Gasteiger partial charge in [-0.25, -0.2) is 0 Å². The molecule has 0 aliphatic carbocycles. The molecule has 0 aliphatic heterocycles. The molecule has 0 spiro atoms. The standard InChI is InChI=1S/C22H28N4O2/c1-6-16(2)26(22(27)19-13-10-14-28-19)15-18-20(17-11-8-7-9-12-17)23-25(5)21(18)24(3)4/h7-14,16H,6,15H2,1-5H3/t16-/m0/s1. The van der Waals surface area contributed by atoms with Gasteiger partial charge in [0.1, 0.15) is 5.82 Å². The van der Waals surface area contributed by atoms with E-state index in [9.17, 15) is 4.79 Å². The Kier molecular flexibility index (Phi) is 5.87. The van der Waals surface area contributed by atoms with Gasteiger partial charge >= 0.3 is 0 Å². The molecule has 1 atom stereocenters. The first kappa shape index (κ1) is 19.7. The van der Waals surface area contributed by atoms with E-state index >= 15 is 0 Å². The summed E-state index contributed by atoms with van der Waals surface area (Å²) >= 11 is 0. The van der Waals surface area contributed by atoms with Crippen LogP contribution in [-0.4, -0.2) is 40.7 Å². The maximum Gasteiger partial charge on any atom is 0.290 e. The highest BCUT2D eigenvalue weighted by Gasteiger charge is 2.28. The second kappa shape index (κ2) is 8.33. The Morgan fingerprint density at radius 3 is 2.46 bits per heavy atom. The van der Waals surface area contributed by atoms with Crippen molar-refractivity contribution in [2.24, 2.45) is 7.05 Å². The normalized spacial score (nSPS) is 12.0. The third kappa shape index (κ3) is 3.81. The molecule has 3 aromatic rings. The van der Waals surface area contributed by atoms with Gasteiger partial charge in [-0.05, 0) is 25.5 Å². The number of anilines is 1. The van der Waals surface area contributed by atoms with E-state index in [4.69, 9.17) is 9.52 Å². The summed E-state index contributed by atoms with van der Waals surface area (Å²) < 4.78 is 7.26. The van der Waals surface area contributed by atoms with Crippen molar-refractivity contribution in [2.45, 2.75) is 32.9 Å². The molecule has 148 valence electrons. The number of furan rings is 1. The van der Waals surface area contributed by atoms with Crippen LogP contribution in [0.15, 0.2) is 53.1 Å². The van der Waals surface area contributed by atoms with Gasteiger partial charge in [0.2, 0.25) is 0 Å². The van der Waals surface area contributed by atoms with Crippen LogP contribution in [0, 0.1) is 0 Å². The van der Waals surface area contributed by atoms with Crippen molar-refractivity contribution in [3.8, 4) is 11.3 Å². The first-order valence-corrected chi connectivity index (χ1v) is 9.57. The second-order valence-corrected chi connectivity index (χ2v) is 7.20. The maximum atomic E-state index is 13.1. The number of aryl methyl sites for hydroxylation is 1. The van der Waals surface area contributed by atoms with Crippen molar-refractivity contribution < 1.29 is 9.21 Å². The molecule has 2 aromatic heterocycles. The van der Waals surface area contributed by atoms with E-state index < -0.39 is 0 Å². The average molecular weight is 380 g/mol. The zero-order valence-corrected chi connectivity index (χ0v) is 17.2. The Balaban J connectivity index is 2.08. The summed E-state index contributed by atoms with van der Waals surface area (Å²) in [6, 6.07) is 13.6. The maximum absolute atomic E-state index is 13.1. The minimum atomic E-state index is -0.105. The molecule has 0 bridgehead atoms. The highest BCUT2D eigenvalue weighted by atomic mass is 16.3. The summed E-state index contributed by atoms with van der Waals surface area (Å²) in [5, 5.41) is 4.78. The largest absolute Gasteiger partial charge is 0.459 e. The molecule has 0 saturated heterocycles. The van der Waals surface area contributed by atoms with Crippen LogP contribution in [0.2, 0.25) is 0 Å². The fourth-order valence-electron chi connectivity index (χ4n) is 3.45. The number of nitrogens with zero attached hydrogens (tertiary/aromatic N) is 4. The molecule has 1 aromatic carbocycles. The molecule has 0 radical (unpaired) electrons. The van der Waals surface area contributed by atoms with Crippen LogP contribution < -0.4 is 4.90 Å². The summed E-state index contributed by atoms with van der Waals surface area (Å²) in [4.78, 5) is 17.1. The van der Waals surface area contributed by atoms with Crippen LogP contribution in [0.5, 0.6) is 0 Å². The van der Waals surface area contributed by atoms with Crippen LogP contribution in [-0.2, 0) is 13.6 Å². The molecule has 6 nitrogen and oxygen atoms in total. The van der Waals surface area contributed by atoms with Crippen molar-refractivity contribution in [3.05, 3.63) is 60.1 Å². The number of amides is 1. The topological polar surface area (TPSA) is 54.5 Å². The number of carbonyl (C=O) groups is 1. The van der Waals surface area contributed by atoms with E-state index in [2.05, 4.69) is 13.8 Å². The van der Waals surface area contributed by atoms with Crippen LogP contribution in [0.1, 0.15) is 36.4 Å². The first-order valence-electron chi connectivity index (χ1n) is 9.57. The van der Waals surface area contributed by atoms with Crippen molar-refractivity contribution in [3.63, 3.8) is 0 Å². The first-order chi connectivity index (χ1) is 13.4. The van der Waals surface area contributed by atoms with Crippen LogP contribution >= 0.6 is 0 Å². The van der Waals surface area contributed by atoms with E-state index in [0.717, 1.165) is 29.1 Å². The van der Waals surface area contributed by atoms with Gasteiger partial charge in [0.15, 0.2) is 5.76 Å². The zero-order valence-electron chi connectivity index (χ0n) is 17.2. The summed E-state index contributed by atoms with van der Waals surface area (Å²) in [7, 11) is 5.93. The van der Waals surface area contributed by atoms with Crippen LogP contribution in [0.25, 0.3) is 11.3 Å². The van der Waals surface area contributed by atoms with Crippen LogP contribution in [0.4, 0.5) is 5.82 Å². The minimum Gasteiger partial charge on any atom is -0.459 e. The number of aromatic nitrogens is 2. The Morgan fingerprint density at radius 2 is 1.89 bits per heavy atom. The molecule has 28 heavy (non-hydrogen) atoms. The molecule has 0 saturated carbocycles. The SMILES string of the molecule is CC[C@H](C)N(Cc1c(-c2ccccc2)nn(C)c1N(C)C)C(=O)c1ccco1. The Hall–Kier alpha value is -3.02. The zero-order chi connectivity index (χ0) is 20.3. The van der Waals surface area contributed by atoms with E-state index in [1.807, 2.05) is 66.0 Å². The molecule has 0 unspecified atom stereocenters. The van der Waals surface area contributed by atoms with Gasteiger partial charge < -0.3 is 14.2 Å². The van der Waals surface area contributed by atoms with Gasteiger partial charge in [-0.3, -0.25) is 9.48 Å². The summed E-state index contributed by atoms with van der Waals surface area (Å²) in [6.07, 6.45) is 2.39. The average Bonchev–Trinajstić information content (AvgIpc) is 3.33. The van der Waals surface area contributed by atoms with Gasteiger partial charge in [0.05, 0.1) is 18.5 Å². The number of carbonyl (C=O) groups excluding carboxylic acids is 1. The van der Waals surface area contributed by atoms with Gasteiger partial charge in [0.25, 0.3) is 5.91 Å². The quantitative estimate of drug-likeness (QED) is 0.617. The van der Waals surface area contributed by atoms with Gasteiger partial charge in [0, 0.05) is 38.3 Å². The summed E-state index contributed by atoms with van der Waals surface area (Å²) in [6.45, 7) is 4.61. The molecular weight excluding hydrogens is 352 g/mol. The van der Waals surface area contributed by atoms with Gasteiger partial charge in [-0.2, -0.15) is 5.10 Å². The molecule has 0 fully saturated rings. The third-order valence-corrected chi connectivity index (χ3v) is 5.03. The lowest BCUT2D eigenvalue weighted by Gasteiger charge is -2.29. The van der Waals surface area contributed by atoms with E-state index in [1.165, 1.54) is 6.26 Å². The fraction of sp³-hybridized carbons (Fsp3) is 0.364. The second-order valence-electron chi connectivity index (χ2n) is 7.20. The lowest BCUT2D eigenvalue weighted by Crippen LogP contribution is -2.38. The summed E-state index contributed by atoms with van der Waals surface area (Å²) in [5.41, 5.74) is 2.96. The number of hydrogen-bond acceptors (Lipinski definition) is 4.